The standard InChI is InChI=1S/C32H38ClN3O6S/c1-23(32(38)34-26-13-6-4-7-14-26)35(21-24-11-10-12-25(33)19-24)31(37)22-36(27-15-8-5-9-16-27)43(39,40)28-17-18-29(41-2)30(20-28)42-3/h5,8-12,15-20,23,26H,4,6-7,13-14,21-22H2,1-3H3,(H,34,38)/t23-/m0/s1. The molecule has 0 heterocycles. The first-order chi connectivity index (χ1) is 20.6. The molecular weight excluding hydrogens is 590 g/mol. The fourth-order valence-corrected chi connectivity index (χ4v) is 6.85. The Bertz CT molecular complexity index is 1510. The zero-order valence-corrected chi connectivity index (χ0v) is 26.2. The summed E-state index contributed by atoms with van der Waals surface area (Å²) in [5, 5.41) is 3.59. The largest absolute Gasteiger partial charge is 0.493 e. The summed E-state index contributed by atoms with van der Waals surface area (Å²) >= 11 is 6.23. The van der Waals surface area contributed by atoms with Crippen LogP contribution < -0.4 is 19.1 Å². The number of sulfonamides is 1. The minimum absolute atomic E-state index is 0.0538. The highest BCUT2D eigenvalue weighted by Crippen LogP contribution is 2.32. The zero-order chi connectivity index (χ0) is 31.0. The molecule has 1 atom stereocenters. The number of para-hydroxylation sites is 1. The van der Waals surface area contributed by atoms with Crippen molar-refractivity contribution in [3.8, 4) is 11.5 Å². The van der Waals surface area contributed by atoms with E-state index >= 15 is 0 Å². The summed E-state index contributed by atoms with van der Waals surface area (Å²) in [6.07, 6.45) is 5.03. The molecule has 1 aliphatic rings. The molecule has 0 radical (unpaired) electrons. The number of benzene rings is 3. The second-order valence-corrected chi connectivity index (χ2v) is 12.8. The molecule has 3 aromatic rings. The van der Waals surface area contributed by atoms with Crippen LogP contribution in [0.1, 0.15) is 44.6 Å². The lowest BCUT2D eigenvalue weighted by atomic mass is 9.95. The molecule has 9 nitrogen and oxygen atoms in total. The lowest BCUT2D eigenvalue weighted by Gasteiger charge is -2.33. The van der Waals surface area contributed by atoms with Crippen molar-refractivity contribution >= 4 is 39.1 Å². The van der Waals surface area contributed by atoms with E-state index in [2.05, 4.69) is 5.32 Å². The molecule has 11 heteroatoms. The molecule has 4 rings (SSSR count). The Hall–Kier alpha value is -3.76. The van der Waals surface area contributed by atoms with Gasteiger partial charge in [-0.1, -0.05) is 61.2 Å². The Morgan fingerprint density at radius 2 is 1.63 bits per heavy atom. The van der Waals surface area contributed by atoms with Crippen molar-refractivity contribution in [1.82, 2.24) is 10.2 Å². The van der Waals surface area contributed by atoms with Crippen molar-refractivity contribution in [2.45, 2.75) is 62.6 Å². The van der Waals surface area contributed by atoms with Crippen molar-refractivity contribution < 1.29 is 27.5 Å². The molecule has 2 amide bonds. The van der Waals surface area contributed by atoms with Crippen molar-refractivity contribution in [2.24, 2.45) is 0 Å². The third-order valence-electron chi connectivity index (χ3n) is 7.63. The molecule has 1 aliphatic carbocycles. The van der Waals surface area contributed by atoms with Gasteiger partial charge in [-0.25, -0.2) is 8.42 Å². The lowest BCUT2D eigenvalue weighted by Crippen LogP contribution is -2.53. The highest BCUT2D eigenvalue weighted by atomic mass is 35.5. The van der Waals surface area contributed by atoms with Crippen molar-refractivity contribution in [2.75, 3.05) is 25.1 Å². The number of rotatable bonds is 12. The molecule has 0 aromatic heterocycles. The van der Waals surface area contributed by atoms with E-state index in [1.165, 1.54) is 37.3 Å². The number of amides is 2. The highest BCUT2D eigenvalue weighted by Gasteiger charge is 2.33. The molecule has 230 valence electrons. The average Bonchev–Trinajstić information content (AvgIpc) is 3.02. The van der Waals surface area contributed by atoms with Crippen LogP contribution in [0.2, 0.25) is 5.02 Å². The van der Waals surface area contributed by atoms with Gasteiger partial charge in [0, 0.05) is 23.7 Å². The number of halogens is 1. The number of ether oxygens (including phenoxy) is 2. The van der Waals surface area contributed by atoms with Crippen LogP contribution in [0.4, 0.5) is 5.69 Å². The number of carbonyl (C=O) groups excluding carboxylic acids is 2. The van der Waals surface area contributed by atoms with Crippen LogP contribution in [0.5, 0.6) is 11.5 Å². The van der Waals surface area contributed by atoms with Crippen LogP contribution in [-0.2, 0) is 26.2 Å². The number of nitrogens with one attached hydrogen (secondary N) is 1. The molecule has 3 aromatic carbocycles. The predicted molar refractivity (Wildman–Crippen MR) is 167 cm³/mol. The molecule has 0 aliphatic heterocycles. The van der Waals surface area contributed by atoms with Crippen LogP contribution in [0.25, 0.3) is 0 Å². The van der Waals surface area contributed by atoms with Gasteiger partial charge in [0.25, 0.3) is 10.0 Å². The third kappa shape index (κ3) is 8.00. The molecule has 0 unspecified atom stereocenters. The van der Waals surface area contributed by atoms with Crippen LogP contribution in [0, 0.1) is 0 Å². The predicted octanol–water partition coefficient (Wildman–Crippen LogP) is 5.42. The minimum atomic E-state index is -4.26. The average molecular weight is 628 g/mol. The molecule has 0 spiro atoms. The van der Waals surface area contributed by atoms with Gasteiger partial charge < -0.3 is 19.7 Å². The minimum Gasteiger partial charge on any atom is -0.493 e. The lowest BCUT2D eigenvalue weighted by molar-refractivity contribution is -0.139. The van der Waals surface area contributed by atoms with Gasteiger partial charge in [-0.3, -0.25) is 13.9 Å². The SMILES string of the molecule is COc1ccc(S(=O)(=O)N(CC(=O)N(Cc2cccc(Cl)c2)[C@@H](C)C(=O)NC2CCCCC2)c2ccccc2)cc1OC. The van der Waals surface area contributed by atoms with Gasteiger partial charge in [-0.05, 0) is 61.7 Å². The van der Waals surface area contributed by atoms with Crippen LogP contribution in [-0.4, -0.2) is 58.0 Å². The normalized spacial score (nSPS) is 14.4. The fraction of sp³-hybridized carbons (Fsp3) is 0.375. The summed E-state index contributed by atoms with van der Waals surface area (Å²) in [6, 6.07) is 18.9. The molecule has 1 N–H and O–H groups in total. The van der Waals surface area contributed by atoms with Gasteiger partial charge in [0.2, 0.25) is 11.8 Å². The van der Waals surface area contributed by atoms with Crippen molar-refractivity contribution in [3.05, 3.63) is 83.4 Å². The Kier molecular flexibility index (Phi) is 10.9. The number of methoxy groups -OCH3 is 2. The van der Waals surface area contributed by atoms with Crippen molar-refractivity contribution in [3.63, 3.8) is 0 Å². The van der Waals surface area contributed by atoms with Crippen LogP contribution in [0.15, 0.2) is 77.7 Å². The van der Waals surface area contributed by atoms with E-state index in [9.17, 15) is 18.0 Å². The molecular formula is C32H38ClN3O6S. The topological polar surface area (TPSA) is 105 Å². The summed E-state index contributed by atoms with van der Waals surface area (Å²) in [7, 11) is -1.38. The first-order valence-corrected chi connectivity index (χ1v) is 16.1. The van der Waals surface area contributed by atoms with Crippen molar-refractivity contribution in [1.29, 1.82) is 0 Å². The van der Waals surface area contributed by atoms with Crippen LogP contribution in [0.3, 0.4) is 0 Å². The maximum atomic E-state index is 14.1. The third-order valence-corrected chi connectivity index (χ3v) is 9.63. The van der Waals surface area contributed by atoms with E-state index < -0.39 is 28.5 Å². The summed E-state index contributed by atoms with van der Waals surface area (Å²) in [5.41, 5.74) is 1.01. The highest BCUT2D eigenvalue weighted by molar-refractivity contribution is 7.92. The van der Waals surface area contributed by atoms with Gasteiger partial charge >= 0.3 is 0 Å². The number of hydrogen-bond acceptors (Lipinski definition) is 6. The van der Waals surface area contributed by atoms with E-state index in [0.29, 0.717) is 22.0 Å². The molecule has 1 fully saturated rings. The summed E-state index contributed by atoms with van der Waals surface area (Å²) < 4.78 is 39.8. The zero-order valence-electron chi connectivity index (χ0n) is 24.7. The fourth-order valence-electron chi connectivity index (χ4n) is 5.21. The first-order valence-electron chi connectivity index (χ1n) is 14.3. The molecule has 0 saturated heterocycles. The first kappa shape index (κ1) is 32.2. The summed E-state index contributed by atoms with van der Waals surface area (Å²) in [6.45, 7) is 1.19. The Morgan fingerprint density at radius 1 is 0.930 bits per heavy atom. The smallest absolute Gasteiger partial charge is 0.264 e. The van der Waals surface area contributed by atoms with E-state index in [0.717, 1.165) is 36.4 Å². The van der Waals surface area contributed by atoms with Gasteiger partial charge in [-0.2, -0.15) is 0 Å². The summed E-state index contributed by atoms with van der Waals surface area (Å²) in [4.78, 5) is 28.9. The second kappa shape index (κ2) is 14.6. The van der Waals surface area contributed by atoms with E-state index in [-0.39, 0.29) is 29.1 Å². The molecule has 43 heavy (non-hydrogen) atoms. The number of nitrogens with zero attached hydrogens (tertiary/aromatic N) is 2. The number of carbonyl (C=O) groups is 2. The van der Waals surface area contributed by atoms with Gasteiger partial charge in [0.05, 0.1) is 24.8 Å². The number of hydrogen-bond donors (Lipinski definition) is 1. The maximum Gasteiger partial charge on any atom is 0.264 e. The summed E-state index contributed by atoms with van der Waals surface area (Å²) in [5.74, 6) is -0.219. The van der Waals surface area contributed by atoms with E-state index in [4.69, 9.17) is 21.1 Å². The quantitative estimate of drug-likeness (QED) is 0.288. The van der Waals surface area contributed by atoms with Gasteiger partial charge in [0.1, 0.15) is 12.6 Å². The Balaban J connectivity index is 1.68. The molecule has 1 saturated carbocycles. The Morgan fingerprint density at radius 3 is 2.28 bits per heavy atom. The molecule has 0 bridgehead atoms. The number of anilines is 1. The van der Waals surface area contributed by atoms with Crippen LogP contribution >= 0.6 is 11.6 Å². The maximum absolute atomic E-state index is 14.1. The monoisotopic (exact) mass is 627 g/mol. The van der Waals surface area contributed by atoms with E-state index in [1.807, 2.05) is 6.07 Å². The van der Waals surface area contributed by atoms with Gasteiger partial charge in [0.15, 0.2) is 11.5 Å². The Labute approximate surface area is 258 Å². The second-order valence-electron chi connectivity index (χ2n) is 10.5. The van der Waals surface area contributed by atoms with E-state index in [1.54, 1.807) is 55.5 Å². The van der Waals surface area contributed by atoms with Gasteiger partial charge in [-0.15, -0.1) is 0 Å².